The Morgan fingerprint density at radius 2 is 1.97 bits per heavy atom. The van der Waals surface area contributed by atoms with Crippen molar-refractivity contribution in [2.45, 2.75) is 58.5 Å². The number of hydrogen-bond donors (Lipinski definition) is 3. The van der Waals surface area contributed by atoms with Crippen LogP contribution >= 0.6 is 0 Å². The van der Waals surface area contributed by atoms with Crippen molar-refractivity contribution in [1.29, 1.82) is 0 Å². The number of para-hydroxylation sites is 1. The van der Waals surface area contributed by atoms with E-state index in [0.29, 0.717) is 13.0 Å². The minimum atomic E-state index is -2.72. The van der Waals surface area contributed by atoms with Crippen LogP contribution in [0, 0.1) is 23.1 Å². The third-order valence-electron chi connectivity index (χ3n) is 6.57. The van der Waals surface area contributed by atoms with Crippen molar-refractivity contribution in [2.24, 2.45) is 17.3 Å². The van der Waals surface area contributed by atoms with Crippen LogP contribution in [0.1, 0.15) is 50.5 Å². The van der Waals surface area contributed by atoms with Crippen molar-refractivity contribution in [3.8, 4) is 0 Å². The molecule has 35 heavy (non-hydrogen) atoms. The van der Waals surface area contributed by atoms with Crippen LogP contribution < -0.4 is 16.0 Å². The van der Waals surface area contributed by atoms with E-state index in [-0.39, 0.29) is 60.3 Å². The molecule has 11 heteroatoms. The van der Waals surface area contributed by atoms with Gasteiger partial charge in [-0.05, 0) is 17.4 Å². The Bertz CT molecular complexity index is 1150. The summed E-state index contributed by atoms with van der Waals surface area (Å²) in [5, 5.41) is 12.8. The minimum Gasteiger partial charge on any atom is -0.356 e. The normalized spacial score (nSPS) is 20.9. The van der Waals surface area contributed by atoms with Gasteiger partial charge in [-0.1, -0.05) is 32.9 Å². The molecule has 4 rings (SSSR count). The fourth-order valence-corrected chi connectivity index (χ4v) is 4.68. The zero-order valence-corrected chi connectivity index (χ0v) is 20.0. The van der Waals surface area contributed by atoms with E-state index in [4.69, 9.17) is 0 Å². The number of benzene rings is 1. The average Bonchev–Trinajstić information content (AvgIpc) is 3.32. The fourth-order valence-electron chi connectivity index (χ4n) is 4.68. The number of nitrogens with zero attached hydrogens (tertiary/aromatic N) is 2. The summed E-state index contributed by atoms with van der Waals surface area (Å²) in [6.07, 6.45) is -0.286. The van der Waals surface area contributed by atoms with Gasteiger partial charge in [0.15, 0.2) is 5.69 Å². The Balaban J connectivity index is 1.53. The second kappa shape index (κ2) is 9.16. The highest BCUT2D eigenvalue weighted by molar-refractivity contribution is 6.06. The number of carbonyl (C=O) groups is 3. The highest BCUT2D eigenvalue weighted by Crippen LogP contribution is 2.43. The lowest BCUT2D eigenvalue weighted by molar-refractivity contribution is -0.125. The van der Waals surface area contributed by atoms with E-state index in [1.165, 1.54) is 16.8 Å². The van der Waals surface area contributed by atoms with Crippen LogP contribution in [0.15, 0.2) is 18.2 Å². The van der Waals surface area contributed by atoms with Gasteiger partial charge in [-0.25, -0.2) is 13.2 Å². The summed E-state index contributed by atoms with van der Waals surface area (Å²) in [7, 11) is 0. The summed E-state index contributed by atoms with van der Waals surface area (Å²) in [5.41, 5.74) is -0.661. The molecule has 190 valence electrons. The highest BCUT2D eigenvalue weighted by Gasteiger charge is 2.45. The first kappa shape index (κ1) is 25.0. The van der Waals surface area contributed by atoms with Crippen molar-refractivity contribution in [3.05, 3.63) is 29.7 Å². The van der Waals surface area contributed by atoms with Gasteiger partial charge in [-0.2, -0.15) is 5.10 Å². The van der Waals surface area contributed by atoms with Crippen LogP contribution in [0.4, 0.5) is 13.2 Å². The molecular weight excluding hydrogens is 463 g/mol. The van der Waals surface area contributed by atoms with Gasteiger partial charge in [-0.3, -0.25) is 19.1 Å². The number of fused-ring (bicyclic) bond motifs is 1. The predicted octanol–water partition coefficient (Wildman–Crippen LogP) is 2.62. The van der Waals surface area contributed by atoms with E-state index in [0.717, 1.165) is 0 Å². The maximum Gasteiger partial charge on any atom is 0.273 e. The molecule has 1 aliphatic heterocycles. The number of alkyl halides is 2. The molecule has 8 nitrogen and oxygen atoms in total. The SMILES string of the molecule is CC(C)(C)C(NC(=O)c1nn(CC2CC(F)(F)C2)c2c(F)cccc12)C(=O)NC[C@H]1CNC(=O)C1. The molecule has 0 bridgehead atoms. The van der Waals surface area contributed by atoms with Gasteiger partial charge in [-0.15, -0.1) is 0 Å². The van der Waals surface area contributed by atoms with Crippen molar-refractivity contribution >= 4 is 28.6 Å². The zero-order valence-electron chi connectivity index (χ0n) is 20.0. The van der Waals surface area contributed by atoms with Crippen LogP contribution in [0.2, 0.25) is 0 Å². The Hall–Kier alpha value is -3.11. The quantitative estimate of drug-likeness (QED) is 0.552. The van der Waals surface area contributed by atoms with Crippen molar-refractivity contribution < 1.29 is 27.6 Å². The maximum atomic E-state index is 14.7. The summed E-state index contributed by atoms with van der Waals surface area (Å²) in [5.74, 6) is -4.85. The number of nitrogens with one attached hydrogen (secondary N) is 3. The second-order valence-electron chi connectivity index (χ2n) is 10.7. The molecule has 1 aliphatic carbocycles. The van der Waals surface area contributed by atoms with Crippen molar-refractivity contribution in [1.82, 2.24) is 25.7 Å². The van der Waals surface area contributed by atoms with Gasteiger partial charge in [0.1, 0.15) is 17.4 Å². The van der Waals surface area contributed by atoms with E-state index < -0.39 is 35.0 Å². The van der Waals surface area contributed by atoms with Crippen LogP contribution in [0.3, 0.4) is 0 Å². The van der Waals surface area contributed by atoms with Crippen LogP contribution in [0.5, 0.6) is 0 Å². The predicted molar refractivity (Wildman–Crippen MR) is 122 cm³/mol. The van der Waals surface area contributed by atoms with Crippen LogP contribution in [0.25, 0.3) is 10.9 Å². The molecule has 1 saturated carbocycles. The first-order valence-corrected chi connectivity index (χ1v) is 11.7. The number of rotatable bonds is 7. The lowest BCUT2D eigenvalue weighted by Gasteiger charge is -2.34. The highest BCUT2D eigenvalue weighted by atomic mass is 19.3. The third kappa shape index (κ3) is 5.43. The molecule has 2 atom stereocenters. The Labute approximate surface area is 201 Å². The molecule has 3 N–H and O–H groups in total. The molecule has 3 amide bonds. The zero-order chi connectivity index (χ0) is 25.5. The summed E-state index contributed by atoms with van der Waals surface area (Å²) in [6, 6.07) is 3.29. The molecule has 2 aromatic rings. The Morgan fingerprint density at radius 1 is 1.26 bits per heavy atom. The van der Waals surface area contributed by atoms with Gasteiger partial charge in [0.25, 0.3) is 5.91 Å². The Kier molecular flexibility index (Phi) is 6.54. The van der Waals surface area contributed by atoms with E-state index in [2.05, 4.69) is 21.0 Å². The first-order chi connectivity index (χ1) is 16.3. The van der Waals surface area contributed by atoms with Gasteiger partial charge >= 0.3 is 0 Å². The van der Waals surface area contributed by atoms with Gasteiger partial charge in [0.05, 0.1) is 0 Å². The van der Waals surface area contributed by atoms with E-state index in [1.807, 2.05) is 0 Å². The average molecular weight is 494 g/mol. The number of amides is 3. The van der Waals surface area contributed by atoms with Gasteiger partial charge < -0.3 is 16.0 Å². The number of carbonyl (C=O) groups excluding carboxylic acids is 3. The largest absolute Gasteiger partial charge is 0.356 e. The van der Waals surface area contributed by atoms with Gasteiger partial charge in [0, 0.05) is 50.2 Å². The van der Waals surface area contributed by atoms with E-state index in [1.54, 1.807) is 26.8 Å². The van der Waals surface area contributed by atoms with Crippen molar-refractivity contribution in [2.75, 3.05) is 13.1 Å². The monoisotopic (exact) mass is 493 g/mol. The molecule has 1 aromatic carbocycles. The summed E-state index contributed by atoms with van der Waals surface area (Å²) in [6.45, 7) is 6.22. The number of aromatic nitrogens is 2. The maximum absolute atomic E-state index is 14.7. The van der Waals surface area contributed by atoms with Crippen molar-refractivity contribution in [3.63, 3.8) is 0 Å². The molecule has 2 heterocycles. The summed E-state index contributed by atoms with van der Waals surface area (Å²) >= 11 is 0. The van der Waals surface area contributed by atoms with Crippen LogP contribution in [-0.4, -0.2) is 52.6 Å². The second-order valence-corrected chi connectivity index (χ2v) is 10.7. The Morgan fingerprint density at radius 3 is 2.57 bits per heavy atom. The van der Waals surface area contributed by atoms with E-state index >= 15 is 0 Å². The molecule has 0 radical (unpaired) electrons. The van der Waals surface area contributed by atoms with E-state index in [9.17, 15) is 27.6 Å². The molecule has 0 spiro atoms. The van der Waals surface area contributed by atoms with Gasteiger partial charge in [0.2, 0.25) is 17.7 Å². The lowest BCUT2D eigenvalue weighted by atomic mass is 9.81. The lowest BCUT2D eigenvalue weighted by Crippen LogP contribution is -2.54. The molecule has 2 fully saturated rings. The number of hydrogen-bond acceptors (Lipinski definition) is 4. The standard InChI is InChI=1S/C24H30F3N5O3/c1-23(2,3)20(22(35)29-11-13-7-17(33)28-10-13)30-21(34)18-15-5-4-6-16(25)19(15)32(31-18)12-14-8-24(26,27)9-14/h4-6,13-14,20H,7-12H2,1-3H3,(H,28,33)(H,29,35)(H,30,34)/t13-,20?/m1/s1. The molecule has 2 aliphatic rings. The smallest absolute Gasteiger partial charge is 0.273 e. The minimum absolute atomic E-state index is 0.0238. The molecule has 1 aromatic heterocycles. The fraction of sp³-hybridized carbons (Fsp3) is 0.583. The first-order valence-electron chi connectivity index (χ1n) is 11.7. The third-order valence-corrected chi connectivity index (χ3v) is 6.57. The van der Waals surface area contributed by atoms with Crippen LogP contribution in [-0.2, 0) is 16.1 Å². The molecule has 1 saturated heterocycles. The topological polar surface area (TPSA) is 105 Å². The number of halogens is 3. The summed E-state index contributed by atoms with van der Waals surface area (Å²) in [4.78, 5) is 37.6. The molecule has 1 unspecified atom stereocenters. The summed E-state index contributed by atoms with van der Waals surface area (Å²) < 4.78 is 42.6. The molecular formula is C24H30F3N5O3.